The summed E-state index contributed by atoms with van der Waals surface area (Å²) in [6, 6.07) is 6.94. The molecule has 1 atom stereocenters. The monoisotopic (exact) mass is 300 g/mol. The fraction of sp³-hybridized carbons (Fsp3) is 0.412. The van der Waals surface area contributed by atoms with E-state index in [9.17, 15) is 10.1 Å². The average Bonchev–Trinajstić information content (AvgIpc) is 2.80. The highest BCUT2D eigenvalue weighted by molar-refractivity contribution is 6.07. The van der Waals surface area contributed by atoms with E-state index in [1.54, 1.807) is 32.2 Å². The van der Waals surface area contributed by atoms with E-state index in [-0.39, 0.29) is 5.91 Å². The van der Waals surface area contributed by atoms with Crippen LogP contribution in [-0.2, 0) is 0 Å². The number of aryl methyl sites for hydroxylation is 1. The minimum atomic E-state index is -0.512. The van der Waals surface area contributed by atoms with Crippen molar-refractivity contribution in [2.24, 2.45) is 5.92 Å². The topological polar surface area (TPSA) is 75.3 Å². The second-order valence-electron chi connectivity index (χ2n) is 5.68. The smallest absolute Gasteiger partial charge is 0.256 e. The second kappa shape index (κ2) is 6.52. The Morgan fingerprint density at radius 3 is 2.77 bits per heavy atom. The Labute approximate surface area is 129 Å². The number of benzene rings is 1. The van der Waals surface area contributed by atoms with Crippen LogP contribution in [0.4, 0.5) is 0 Å². The van der Waals surface area contributed by atoms with Crippen molar-refractivity contribution >= 4 is 16.9 Å². The fourth-order valence-corrected chi connectivity index (χ4v) is 2.45. The Hall–Kier alpha value is -2.48. The van der Waals surface area contributed by atoms with Gasteiger partial charge in [0, 0.05) is 5.39 Å². The summed E-state index contributed by atoms with van der Waals surface area (Å²) in [5, 5.41) is 12.6. The Balaban J connectivity index is 2.35. The molecule has 0 spiro atoms. The summed E-state index contributed by atoms with van der Waals surface area (Å²) in [5.41, 5.74) is 1.08. The maximum Gasteiger partial charge on any atom is 0.256 e. The highest BCUT2D eigenvalue weighted by Crippen LogP contribution is 2.29. The summed E-state index contributed by atoms with van der Waals surface area (Å²) in [4.78, 5) is 12.5. The van der Waals surface area contributed by atoms with E-state index < -0.39 is 6.04 Å². The van der Waals surface area contributed by atoms with Crippen molar-refractivity contribution in [2.45, 2.75) is 33.2 Å². The molecule has 1 N–H and O–H groups in total. The zero-order valence-electron chi connectivity index (χ0n) is 13.3. The van der Waals surface area contributed by atoms with Gasteiger partial charge in [0.1, 0.15) is 23.1 Å². The van der Waals surface area contributed by atoms with Gasteiger partial charge in [-0.3, -0.25) is 4.79 Å². The number of furan rings is 1. The van der Waals surface area contributed by atoms with E-state index in [1.165, 1.54) is 0 Å². The number of fused-ring (bicyclic) bond motifs is 1. The van der Waals surface area contributed by atoms with Gasteiger partial charge in [0.2, 0.25) is 0 Å². The highest BCUT2D eigenvalue weighted by Gasteiger charge is 2.21. The third-order valence-corrected chi connectivity index (χ3v) is 3.47. The number of ether oxygens (including phenoxy) is 1. The van der Waals surface area contributed by atoms with Crippen LogP contribution in [-0.4, -0.2) is 19.1 Å². The van der Waals surface area contributed by atoms with Gasteiger partial charge in [-0.15, -0.1) is 0 Å². The summed E-state index contributed by atoms with van der Waals surface area (Å²) in [6.45, 7) is 5.77. The molecule has 0 aliphatic heterocycles. The first-order valence-corrected chi connectivity index (χ1v) is 7.23. The van der Waals surface area contributed by atoms with E-state index in [1.807, 2.05) is 13.8 Å². The molecule has 1 aromatic heterocycles. The minimum absolute atomic E-state index is 0.295. The lowest BCUT2D eigenvalue weighted by molar-refractivity contribution is 0.0942. The average molecular weight is 300 g/mol. The minimum Gasteiger partial charge on any atom is -0.497 e. The molecule has 1 amide bonds. The van der Waals surface area contributed by atoms with Gasteiger partial charge in [0.15, 0.2) is 0 Å². The molecule has 0 saturated heterocycles. The van der Waals surface area contributed by atoms with E-state index in [0.29, 0.717) is 40.4 Å². The van der Waals surface area contributed by atoms with Crippen molar-refractivity contribution in [3.63, 3.8) is 0 Å². The Morgan fingerprint density at radius 2 is 2.18 bits per heavy atom. The molecule has 116 valence electrons. The number of nitrogens with zero attached hydrogens (tertiary/aromatic N) is 1. The van der Waals surface area contributed by atoms with Gasteiger partial charge < -0.3 is 14.5 Å². The third kappa shape index (κ3) is 3.22. The lowest BCUT2D eigenvalue weighted by Crippen LogP contribution is -2.34. The van der Waals surface area contributed by atoms with E-state index in [4.69, 9.17) is 9.15 Å². The number of hydrogen-bond acceptors (Lipinski definition) is 4. The molecule has 0 aliphatic carbocycles. The molecule has 0 radical (unpaired) electrons. The van der Waals surface area contributed by atoms with Crippen LogP contribution in [0.1, 0.15) is 36.4 Å². The summed E-state index contributed by atoms with van der Waals surface area (Å²) >= 11 is 0. The van der Waals surface area contributed by atoms with Crippen molar-refractivity contribution in [2.75, 3.05) is 7.11 Å². The fourth-order valence-electron chi connectivity index (χ4n) is 2.45. The number of carbonyl (C=O) groups is 1. The lowest BCUT2D eigenvalue weighted by atomic mass is 10.0. The van der Waals surface area contributed by atoms with Crippen LogP contribution < -0.4 is 10.1 Å². The number of hydrogen-bond donors (Lipinski definition) is 1. The van der Waals surface area contributed by atoms with Crippen LogP contribution in [0.15, 0.2) is 22.6 Å². The van der Waals surface area contributed by atoms with Crippen molar-refractivity contribution in [3.8, 4) is 11.8 Å². The van der Waals surface area contributed by atoms with E-state index >= 15 is 0 Å². The van der Waals surface area contributed by atoms with Gasteiger partial charge in [0.25, 0.3) is 5.91 Å². The van der Waals surface area contributed by atoms with Crippen LogP contribution in [0.2, 0.25) is 0 Å². The first-order valence-electron chi connectivity index (χ1n) is 7.23. The number of methoxy groups -OCH3 is 1. The summed E-state index contributed by atoms with van der Waals surface area (Å²) < 4.78 is 10.8. The van der Waals surface area contributed by atoms with Gasteiger partial charge in [0.05, 0.1) is 18.7 Å². The molecule has 1 aromatic carbocycles. The summed E-state index contributed by atoms with van der Waals surface area (Å²) in [5.74, 6) is 1.22. The summed E-state index contributed by atoms with van der Waals surface area (Å²) in [6.07, 6.45) is 0.612. The molecular formula is C17H20N2O3. The van der Waals surface area contributed by atoms with Gasteiger partial charge in [-0.1, -0.05) is 13.8 Å². The van der Waals surface area contributed by atoms with Crippen molar-refractivity contribution in [1.82, 2.24) is 5.32 Å². The lowest BCUT2D eigenvalue weighted by Gasteiger charge is -2.13. The van der Waals surface area contributed by atoms with Gasteiger partial charge in [-0.2, -0.15) is 5.26 Å². The number of carbonyl (C=O) groups excluding carboxylic acids is 1. The molecule has 2 aromatic rings. The molecule has 0 unspecified atom stereocenters. The van der Waals surface area contributed by atoms with Crippen LogP contribution in [0.3, 0.4) is 0 Å². The first-order chi connectivity index (χ1) is 10.5. The normalized spacial score (nSPS) is 12.2. The van der Waals surface area contributed by atoms with Crippen molar-refractivity contribution in [3.05, 3.63) is 29.5 Å². The first kappa shape index (κ1) is 15.9. The standard InChI is InChI=1S/C17H20N2O3/c1-10(2)7-12(9-18)19-17(20)16-11(3)22-15-6-5-13(21-4)8-14(15)16/h5-6,8,10,12H,7H2,1-4H3,(H,19,20)/t12-/m0/s1. The molecule has 22 heavy (non-hydrogen) atoms. The molecule has 0 fully saturated rings. The predicted molar refractivity (Wildman–Crippen MR) is 83.8 cm³/mol. The number of rotatable bonds is 5. The Bertz CT molecular complexity index is 725. The van der Waals surface area contributed by atoms with Crippen LogP contribution in [0.25, 0.3) is 11.0 Å². The van der Waals surface area contributed by atoms with E-state index in [0.717, 1.165) is 0 Å². The van der Waals surface area contributed by atoms with Crippen molar-refractivity contribution in [1.29, 1.82) is 5.26 Å². The second-order valence-corrected chi connectivity index (χ2v) is 5.68. The van der Waals surface area contributed by atoms with Gasteiger partial charge in [-0.25, -0.2) is 0 Å². The Morgan fingerprint density at radius 1 is 1.45 bits per heavy atom. The van der Waals surface area contributed by atoms with Crippen LogP contribution in [0, 0.1) is 24.2 Å². The van der Waals surface area contributed by atoms with Crippen LogP contribution >= 0.6 is 0 Å². The van der Waals surface area contributed by atoms with Crippen molar-refractivity contribution < 1.29 is 13.9 Å². The summed E-state index contributed by atoms with van der Waals surface area (Å²) in [7, 11) is 1.57. The van der Waals surface area contributed by atoms with E-state index in [2.05, 4.69) is 11.4 Å². The molecule has 0 aliphatic rings. The third-order valence-electron chi connectivity index (χ3n) is 3.47. The van der Waals surface area contributed by atoms with Gasteiger partial charge >= 0.3 is 0 Å². The molecule has 0 saturated carbocycles. The maximum atomic E-state index is 12.5. The zero-order chi connectivity index (χ0) is 16.3. The molecule has 5 heteroatoms. The molecule has 5 nitrogen and oxygen atoms in total. The number of nitriles is 1. The Kier molecular flexibility index (Phi) is 4.71. The predicted octanol–water partition coefficient (Wildman–Crippen LogP) is 3.42. The van der Waals surface area contributed by atoms with Crippen LogP contribution in [0.5, 0.6) is 5.75 Å². The van der Waals surface area contributed by atoms with Gasteiger partial charge in [-0.05, 0) is 37.5 Å². The quantitative estimate of drug-likeness (QED) is 0.918. The highest BCUT2D eigenvalue weighted by atomic mass is 16.5. The largest absolute Gasteiger partial charge is 0.497 e. The maximum absolute atomic E-state index is 12.5. The number of nitrogens with one attached hydrogen (secondary N) is 1. The molecule has 1 heterocycles. The molecule has 0 bridgehead atoms. The number of amides is 1. The zero-order valence-corrected chi connectivity index (χ0v) is 13.3. The molecule has 2 rings (SSSR count). The molecular weight excluding hydrogens is 280 g/mol. The SMILES string of the molecule is COc1ccc2oc(C)c(C(=O)N[C@H](C#N)CC(C)C)c2c1.